The number of hydrogen-bond donors (Lipinski definition) is 0. The molecule has 0 radical (unpaired) electrons. The molecule has 2 aromatic rings. The van der Waals surface area contributed by atoms with Gasteiger partial charge in [0, 0.05) is 38.1 Å². The van der Waals surface area contributed by atoms with Gasteiger partial charge in [-0.2, -0.15) is 0 Å². The molecule has 3 rings (SSSR count). The van der Waals surface area contributed by atoms with Crippen LogP contribution in [0, 0.1) is 5.41 Å². The van der Waals surface area contributed by atoms with Crippen molar-refractivity contribution in [2.75, 3.05) is 13.1 Å². The van der Waals surface area contributed by atoms with E-state index in [2.05, 4.69) is 78.2 Å². The summed E-state index contributed by atoms with van der Waals surface area (Å²) in [5.74, 6) is 0. The molecule has 1 aliphatic heterocycles. The second-order valence-electron chi connectivity index (χ2n) is 6.62. The Labute approximate surface area is 122 Å². The van der Waals surface area contributed by atoms with Crippen LogP contribution in [0.5, 0.6) is 0 Å². The highest BCUT2D eigenvalue weighted by Crippen LogP contribution is 2.38. The molecule has 2 heterocycles. The van der Waals surface area contributed by atoms with Crippen LogP contribution in [-0.4, -0.2) is 22.6 Å². The summed E-state index contributed by atoms with van der Waals surface area (Å²) in [6.45, 7) is 8.21. The lowest BCUT2D eigenvalue weighted by molar-refractivity contribution is 0.0567. The van der Waals surface area contributed by atoms with Crippen molar-refractivity contribution in [1.29, 1.82) is 0 Å². The number of likely N-dealkylation sites (tertiary alicyclic amines) is 1. The second-order valence-corrected chi connectivity index (χ2v) is 6.62. The van der Waals surface area contributed by atoms with E-state index in [1.165, 1.54) is 18.5 Å². The molecule has 1 aromatic heterocycles. The van der Waals surface area contributed by atoms with E-state index in [9.17, 15) is 0 Å². The largest absolute Gasteiger partial charge is 0.351 e. The molecule has 1 saturated heterocycles. The van der Waals surface area contributed by atoms with Gasteiger partial charge in [-0.3, -0.25) is 4.90 Å². The Balaban J connectivity index is 1.69. The first kappa shape index (κ1) is 13.4. The lowest BCUT2D eigenvalue weighted by atomic mass is 9.79. The molecule has 1 fully saturated rings. The average molecular weight is 268 g/mol. The predicted octanol–water partition coefficient (Wildman–Crippen LogP) is 3.96. The van der Waals surface area contributed by atoms with Gasteiger partial charge in [-0.05, 0) is 29.5 Å². The van der Waals surface area contributed by atoms with Crippen LogP contribution in [0.25, 0.3) is 0 Å². The smallest absolute Gasteiger partial charge is 0.0406 e. The Kier molecular flexibility index (Phi) is 3.66. The first-order chi connectivity index (χ1) is 9.65. The van der Waals surface area contributed by atoms with Crippen LogP contribution in [0.2, 0.25) is 0 Å². The zero-order chi connectivity index (χ0) is 14.0. The van der Waals surface area contributed by atoms with E-state index in [1.54, 1.807) is 0 Å². The molecule has 2 nitrogen and oxygen atoms in total. The van der Waals surface area contributed by atoms with Crippen LogP contribution in [0.3, 0.4) is 0 Å². The normalized spacial score (nSPS) is 22.8. The molecule has 0 aliphatic carbocycles. The summed E-state index contributed by atoms with van der Waals surface area (Å²) in [5, 5.41) is 0. The van der Waals surface area contributed by atoms with Gasteiger partial charge in [-0.15, -0.1) is 0 Å². The third-order valence-electron chi connectivity index (χ3n) is 4.49. The summed E-state index contributed by atoms with van der Waals surface area (Å²) in [5.41, 5.74) is 1.73. The van der Waals surface area contributed by atoms with Crippen LogP contribution in [0.4, 0.5) is 0 Å². The molecule has 0 saturated carbocycles. The fourth-order valence-electron chi connectivity index (χ4n) is 3.54. The van der Waals surface area contributed by atoms with Gasteiger partial charge < -0.3 is 4.57 Å². The Bertz CT molecular complexity index is 528. The van der Waals surface area contributed by atoms with E-state index < -0.39 is 0 Å². The molecule has 1 aromatic carbocycles. The van der Waals surface area contributed by atoms with E-state index in [0.29, 0.717) is 11.5 Å². The van der Waals surface area contributed by atoms with Crippen molar-refractivity contribution in [3.63, 3.8) is 0 Å². The highest BCUT2D eigenvalue weighted by atomic mass is 15.2. The SMILES string of the molecule is CC1(C)CN(Cc2ccccc2)CCC1n1cccc1. The summed E-state index contributed by atoms with van der Waals surface area (Å²) >= 11 is 0. The Hall–Kier alpha value is -1.54. The highest BCUT2D eigenvalue weighted by molar-refractivity contribution is 5.14. The number of nitrogens with zero attached hydrogens (tertiary/aromatic N) is 2. The standard InChI is InChI=1S/C18H24N2/c1-18(2)15-19(14-16-8-4-3-5-9-16)13-10-17(18)20-11-6-7-12-20/h3-9,11-12,17H,10,13-15H2,1-2H3. The van der Waals surface area contributed by atoms with E-state index in [1.807, 2.05) is 0 Å². The van der Waals surface area contributed by atoms with Crippen LogP contribution in [0.15, 0.2) is 54.9 Å². The topological polar surface area (TPSA) is 8.17 Å². The predicted molar refractivity (Wildman–Crippen MR) is 83.6 cm³/mol. The minimum Gasteiger partial charge on any atom is -0.351 e. The zero-order valence-electron chi connectivity index (χ0n) is 12.5. The lowest BCUT2D eigenvalue weighted by Crippen LogP contribution is -2.45. The number of piperidine rings is 1. The number of rotatable bonds is 3. The maximum absolute atomic E-state index is 2.59. The van der Waals surface area contributed by atoms with Crippen molar-refractivity contribution < 1.29 is 0 Å². The van der Waals surface area contributed by atoms with E-state index >= 15 is 0 Å². The lowest BCUT2D eigenvalue weighted by Gasteiger charge is -2.45. The molecule has 0 N–H and O–H groups in total. The van der Waals surface area contributed by atoms with Gasteiger partial charge in [-0.1, -0.05) is 44.2 Å². The van der Waals surface area contributed by atoms with Crippen LogP contribution in [-0.2, 0) is 6.54 Å². The Morgan fingerprint density at radius 2 is 1.75 bits per heavy atom. The van der Waals surface area contributed by atoms with Crippen molar-refractivity contribution in [2.24, 2.45) is 5.41 Å². The van der Waals surface area contributed by atoms with E-state index in [0.717, 1.165) is 13.1 Å². The minimum atomic E-state index is 0.312. The second kappa shape index (κ2) is 5.45. The maximum Gasteiger partial charge on any atom is 0.0406 e. The third-order valence-corrected chi connectivity index (χ3v) is 4.49. The molecule has 0 bridgehead atoms. The molecular formula is C18H24N2. The van der Waals surface area contributed by atoms with Crippen LogP contribution < -0.4 is 0 Å². The minimum absolute atomic E-state index is 0.312. The number of aromatic nitrogens is 1. The fourth-order valence-corrected chi connectivity index (χ4v) is 3.54. The number of benzene rings is 1. The third kappa shape index (κ3) is 2.80. The monoisotopic (exact) mass is 268 g/mol. The van der Waals surface area contributed by atoms with Crippen LogP contribution in [0.1, 0.15) is 31.9 Å². The van der Waals surface area contributed by atoms with E-state index in [-0.39, 0.29) is 0 Å². The van der Waals surface area contributed by atoms with Gasteiger partial charge in [-0.25, -0.2) is 0 Å². The van der Waals surface area contributed by atoms with E-state index in [4.69, 9.17) is 0 Å². The van der Waals surface area contributed by atoms with Gasteiger partial charge in [0.05, 0.1) is 0 Å². The van der Waals surface area contributed by atoms with Gasteiger partial charge >= 0.3 is 0 Å². The van der Waals surface area contributed by atoms with Crippen molar-refractivity contribution in [2.45, 2.75) is 32.9 Å². The average Bonchev–Trinajstić information content (AvgIpc) is 2.92. The molecule has 1 unspecified atom stereocenters. The molecule has 1 atom stereocenters. The molecule has 1 aliphatic rings. The van der Waals surface area contributed by atoms with Gasteiger partial charge in [0.2, 0.25) is 0 Å². The fraction of sp³-hybridized carbons (Fsp3) is 0.444. The Morgan fingerprint density at radius 1 is 1.05 bits per heavy atom. The van der Waals surface area contributed by atoms with Gasteiger partial charge in [0.1, 0.15) is 0 Å². The first-order valence-electron chi connectivity index (χ1n) is 7.54. The van der Waals surface area contributed by atoms with Crippen molar-refractivity contribution >= 4 is 0 Å². The summed E-state index contributed by atoms with van der Waals surface area (Å²) in [4.78, 5) is 2.59. The highest BCUT2D eigenvalue weighted by Gasteiger charge is 2.36. The molecular weight excluding hydrogens is 244 g/mol. The maximum atomic E-state index is 2.59. The Morgan fingerprint density at radius 3 is 2.40 bits per heavy atom. The summed E-state index contributed by atoms with van der Waals surface area (Å²) in [7, 11) is 0. The first-order valence-corrected chi connectivity index (χ1v) is 7.54. The van der Waals surface area contributed by atoms with Gasteiger partial charge in [0.25, 0.3) is 0 Å². The van der Waals surface area contributed by atoms with Crippen molar-refractivity contribution in [3.8, 4) is 0 Å². The summed E-state index contributed by atoms with van der Waals surface area (Å²) in [6.07, 6.45) is 5.65. The zero-order valence-corrected chi connectivity index (χ0v) is 12.5. The van der Waals surface area contributed by atoms with Crippen LogP contribution >= 0.6 is 0 Å². The molecule has 20 heavy (non-hydrogen) atoms. The molecule has 0 spiro atoms. The van der Waals surface area contributed by atoms with Gasteiger partial charge in [0.15, 0.2) is 0 Å². The van der Waals surface area contributed by atoms with Crippen molar-refractivity contribution in [3.05, 3.63) is 60.4 Å². The molecule has 2 heteroatoms. The quantitative estimate of drug-likeness (QED) is 0.818. The van der Waals surface area contributed by atoms with Crippen molar-refractivity contribution in [1.82, 2.24) is 9.47 Å². The number of hydrogen-bond acceptors (Lipinski definition) is 1. The molecule has 0 amide bonds. The summed E-state index contributed by atoms with van der Waals surface area (Å²) in [6, 6.07) is 15.7. The summed E-state index contributed by atoms with van der Waals surface area (Å²) < 4.78 is 2.39. The molecule has 106 valence electrons.